The lowest BCUT2D eigenvalue weighted by Gasteiger charge is -2.10. The summed E-state index contributed by atoms with van der Waals surface area (Å²) >= 11 is 0. The van der Waals surface area contributed by atoms with Crippen LogP contribution in [0.15, 0.2) is 48.5 Å². The molecule has 0 unspecified atom stereocenters. The van der Waals surface area contributed by atoms with Gasteiger partial charge >= 0.3 is 6.18 Å². The van der Waals surface area contributed by atoms with Crippen molar-refractivity contribution in [2.75, 3.05) is 10.6 Å². The molecule has 0 heterocycles. The number of alkyl halides is 3. The highest BCUT2D eigenvalue weighted by atomic mass is 19.4. The number of hydrogen-bond acceptors (Lipinski definition) is 2. The van der Waals surface area contributed by atoms with Gasteiger partial charge in [-0.1, -0.05) is 6.92 Å². The van der Waals surface area contributed by atoms with E-state index >= 15 is 0 Å². The Morgan fingerprint density at radius 1 is 0.913 bits per heavy atom. The molecule has 2 N–H and O–H groups in total. The van der Waals surface area contributed by atoms with E-state index in [0.29, 0.717) is 17.8 Å². The topological polar surface area (TPSA) is 41.1 Å². The van der Waals surface area contributed by atoms with Crippen LogP contribution in [0.3, 0.4) is 0 Å². The van der Waals surface area contributed by atoms with Crippen LogP contribution in [0.25, 0.3) is 0 Å². The molecule has 23 heavy (non-hydrogen) atoms. The van der Waals surface area contributed by atoms with Crippen molar-refractivity contribution >= 4 is 23.0 Å². The van der Waals surface area contributed by atoms with Gasteiger partial charge in [-0.2, -0.15) is 13.2 Å². The lowest BCUT2D eigenvalue weighted by Crippen LogP contribution is -2.10. The Bertz CT molecular complexity index is 649. The molecule has 2 aromatic carbocycles. The number of nitrogens with one attached hydrogen (secondary N) is 2. The summed E-state index contributed by atoms with van der Waals surface area (Å²) in [7, 11) is 0. The molecule has 0 saturated carbocycles. The maximum Gasteiger partial charge on any atom is 0.416 e. The number of carbonyl (C=O) groups is 1. The second-order valence-corrected chi connectivity index (χ2v) is 5.08. The number of rotatable bonds is 5. The van der Waals surface area contributed by atoms with Crippen LogP contribution in [-0.4, -0.2) is 5.91 Å². The average Bonchev–Trinajstić information content (AvgIpc) is 2.49. The highest BCUT2D eigenvalue weighted by Crippen LogP contribution is 2.30. The minimum absolute atomic E-state index is 0.0454. The van der Waals surface area contributed by atoms with Gasteiger partial charge in [0, 0.05) is 23.5 Å². The molecule has 2 aromatic rings. The number of amides is 1. The van der Waals surface area contributed by atoms with E-state index in [4.69, 9.17) is 0 Å². The van der Waals surface area contributed by atoms with Gasteiger partial charge in [-0.3, -0.25) is 4.79 Å². The molecule has 122 valence electrons. The quantitative estimate of drug-likeness (QED) is 0.795. The van der Waals surface area contributed by atoms with Crippen molar-refractivity contribution in [3.05, 3.63) is 54.1 Å². The molecule has 0 spiro atoms. The van der Waals surface area contributed by atoms with E-state index in [1.165, 1.54) is 12.1 Å². The molecule has 0 atom stereocenters. The molecule has 6 heteroatoms. The van der Waals surface area contributed by atoms with Gasteiger partial charge in [-0.15, -0.1) is 0 Å². The Morgan fingerprint density at radius 2 is 1.39 bits per heavy atom. The fraction of sp³-hybridized carbons (Fsp3) is 0.235. The Balaban J connectivity index is 1.99. The normalized spacial score (nSPS) is 11.1. The highest BCUT2D eigenvalue weighted by molar-refractivity contribution is 5.90. The SMILES string of the molecule is CCCC(=O)Nc1ccc(Nc2ccc(C(F)(F)F)cc2)cc1. The lowest BCUT2D eigenvalue weighted by atomic mass is 10.2. The van der Waals surface area contributed by atoms with E-state index in [1.54, 1.807) is 24.3 Å². The summed E-state index contributed by atoms with van der Waals surface area (Å²) in [6.45, 7) is 1.93. The first-order chi connectivity index (χ1) is 10.9. The monoisotopic (exact) mass is 322 g/mol. The van der Waals surface area contributed by atoms with E-state index in [-0.39, 0.29) is 5.91 Å². The summed E-state index contributed by atoms with van der Waals surface area (Å²) < 4.78 is 37.5. The first kappa shape index (κ1) is 16.9. The van der Waals surface area contributed by atoms with Gasteiger partial charge in [-0.05, 0) is 55.0 Å². The fourth-order valence-electron chi connectivity index (χ4n) is 2.00. The maximum atomic E-state index is 12.5. The van der Waals surface area contributed by atoms with Crippen LogP contribution in [0.1, 0.15) is 25.3 Å². The smallest absolute Gasteiger partial charge is 0.356 e. The van der Waals surface area contributed by atoms with Crippen LogP contribution in [0, 0.1) is 0 Å². The van der Waals surface area contributed by atoms with Crippen molar-refractivity contribution in [1.82, 2.24) is 0 Å². The first-order valence-corrected chi connectivity index (χ1v) is 7.22. The van der Waals surface area contributed by atoms with Gasteiger partial charge in [0.05, 0.1) is 5.56 Å². The number of hydrogen-bond donors (Lipinski definition) is 2. The van der Waals surface area contributed by atoms with Crippen LogP contribution >= 0.6 is 0 Å². The van der Waals surface area contributed by atoms with Crippen molar-refractivity contribution in [1.29, 1.82) is 0 Å². The molecular formula is C17H17F3N2O. The fourth-order valence-corrected chi connectivity index (χ4v) is 2.00. The van der Waals surface area contributed by atoms with Crippen molar-refractivity contribution in [3.8, 4) is 0 Å². The molecule has 3 nitrogen and oxygen atoms in total. The summed E-state index contributed by atoms with van der Waals surface area (Å²) in [5.41, 5.74) is 1.28. The van der Waals surface area contributed by atoms with Crippen LogP contribution in [-0.2, 0) is 11.0 Å². The van der Waals surface area contributed by atoms with E-state index in [0.717, 1.165) is 24.2 Å². The van der Waals surface area contributed by atoms with Crippen LogP contribution in [0.4, 0.5) is 30.2 Å². The van der Waals surface area contributed by atoms with Crippen LogP contribution in [0.5, 0.6) is 0 Å². The summed E-state index contributed by atoms with van der Waals surface area (Å²) in [6, 6.07) is 11.8. The van der Waals surface area contributed by atoms with Crippen molar-refractivity contribution < 1.29 is 18.0 Å². The summed E-state index contributed by atoms with van der Waals surface area (Å²) in [5, 5.41) is 5.77. The third kappa shape index (κ3) is 5.02. The zero-order valence-corrected chi connectivity index (χ0v) is 12.6. The molecule has 0 radical (unpaired) electrons. The first-order valence-electron chi connectivity index (χ1n) is 7.22. The van der Waals surface area contributed by atoms with Crippen molar-refractivity contribution in [2.45, 2.75) is 25.9 Å². The highest BCUT2D eigenvalue weighted by Gasteiger charge is 2.29. The van der Waals surface area contributed by atoms with Gasteiger partial charge in [0.25, 0.3) is 0 Å². The molecule has 0 aliphatic carbocycles. The molecule has 2 rings (SSSR count). The molecule has 0 saturated heterocycles. The molecule has 0 aliphatic heterocycles. The van der Waals surface area contributed by atoms with E-state index in [1.807, 2.05) is 6.92 Å². The molecule has 0 aromatic heterocycles. The number of halogens is 3. The van der Waals surface area contributed by atoms with Crippen molar-refractivity contribution in [3.63, 3.8) is 0 Å². The maximum absolute atomic E-state index is 12.5. The zero-order chi connectivity index (χ0) is 16.9. The Kier molecular flexibility index (Phi) is 5.26. The molecule has 0 bridgehead atoms. The van der Waals surface area contributed by atoms with E-state index < -0.39 is 11.7 Å². The molecular weight excluding hydrogens is 305 g/mol. The third-order valence-electron chi connectivity index (χ3n) is 3.15. The number of carbonyl (C=O) groups excluding carboxylic acids is 1. The number of anilines is 3. The number of benzene rings is 2. The molecule has 0 aliphatic rings. The third-order valence-corrected chi connectivity index (χ3v) is 3.15. The minimum atomic E-state index is -4.34. The lowest BCUT2D eigenvalue weighted by molar-refractivity contribution is -0.137. The predicted molar refractivity (Wildman–Crippen MR) is 84.7 cm³/mol. The van der Waals surface area contributed by atoms with Gasteiger partial charge in [0.2, 0.25) is 5.91 Å². The largest absolute Gasteiger partial charge is 0.416 e. The van der Waals surface area contributed by atoms with Gasteiger partial charge < -0.3 is 10.6 Å². The zero-order valence-electron chi connectivity index (χ0n) is 12.6. The Labute approximate surface area is 132 Å². The van der Waals surface area contributed by atoms with Gasteiger partial charge in [-0.25, -0.2) is 0 Å². The summed E-state index contributed by atoms with van der Waals surface area (Å²) in [6.07, 6.45) is -3.10. The Hall–Kier alpha value is -2.50. The Morgan fingerprint density at radius 3 is 1.87 bits per heavy atom. The minimum Gasteiger partial charge on any atom is -0.356 e. The van der Waals surface area contributed by atoms with Crippen LogP contribution in [0.2, 0.25) is 0 Å². The van der Waals surface area contributed by atoms with E-state index in [2.05, 4.69) is 10.6 Å². The van der Waals surface area contributed by atoms with Gasteiger partial charge in [0.1, 0.15) is 0 Å². The summed E-state index contributed by atoms with van der Waals surface area (Å²) in [5.74, 6) is -0.0454. The average molecular weight is 322 g/mol. The summed E-state index contributed by atoms with van der Waals surface area (Å²) in [4.78, 5) is 11.5. The molecule has 1 amide bonds. The van der Waals surface area contributed by atoms with E-state index in [9.17, 15) is 18.0 Å². The van der Waals surface area contributed by atoms with Gasteiger partial charge in [0.15, 0.2) is 0 Å². The van der Waals surface area contributed by atoms with Crippen molar-refractivity contribution in [2.24, 2.45) is 0 Å². The second kappa shape index (κ2) is 7.17. The standard InChI is InChI=1S/C17H17F3N2O/c1-2-3-16(23)22-15-10-8-14(9-11-15)21-13-6-4-12(5-7-13)17(18,19)20/h4-11,21H,2-3H2,1H3,(H,22,23). The predicted octanol–water partition coefficient (Wildman–Crippen LogP) is 5.19. The second-order valence-electron chi connectivity index (χ2n) is 5.08. The molecule has 0 fully saturated rings. The van der Waals surface area contributed by atoms with Crippen LogP contribution < -0.4 is 10.6 Å².